The lowest BCUT2D eigenvalue weighted by Crippen LogP contribution is -2.21. The Labute approximate surface area is 106 Å². The second-order valence-electron chi connectivity index (χ2n) is 4.60. The van der Waals surface area contributed by atoms with Crippen LogP contribution in [-0.4, -0.2) is 38.3 Å². The highest BCUT2D eigenvalue weighted by Gasteiger charge is 1.94. The molecule has 0 fully saturated rings. The summed E-state index contributed by atoms with van der Waals surface area (Å²) >= 11 is 1.94. The van der Waals surface area contributed by atoms with E-state index in [2.05, 4.69) is 25.4 Å². The van der Waals surface area contributed by atoms with Crippen molar-refractivity contribution in [1.82, 2.24) is 5.32 Å². The fourth-order valence-corrected chi connectivity index (χ4v) is 1.86. The van der Waals surface area contributed by atoms with Crippen LogP contribution in [0.5, 0.6) is 0 Å². The molecule has 0 saturated carbocycles. The van der Waals surface area contributed by atoms with Crippen molar-refractivity contribution in [2.45, 2.75) is 39.5 Å². The van der Waals surface area contributed by atoms with Crippen molar-refractivity contribution in [2.75, 3.05) is 38.3 Å². The summed E-state index contributed by atoms with van der Waals surface area (Å²) in [5.74, 6) is 2.06. The molecule has 0 heterocycles. The van der Waals surface area contributed by atoms with E-state index in [0.717, 1.165) is 32.2 Å². The molecule has 16 heavy (non-hydrogen) atoms. The van der Waals surface area contributed by atoms with Gasteiger partial charge in [-0.1, -0.05) is 20.3 Å². The summed E-state index contributed by atoms with van der Waals surface area (Å²) in [6.45, 7) is 8.37. The first-order chi connectivity index (χ1) is 7.77. The Morgan fingerprint density at radius 3 is 2.56 bits per heavy atom. The highest BCUT2D eigenvalue weighted by Crippen LogP contribution is 2.01. The molecule has 0 unspecified atom stereocenters. The van der Waals surface area contributed by atoms with E-state index < -0.39 is 0 Å². The Kier molecular flexibility index (Phi) is 13.6. The standard InChI is InChI=1S/C13H29NOS/c1-13(2)7-10-15-11-9-14-8-5-4-6-12-16-3/h13-14H,4-12H2,1-3H3. The van der Waals surface area contributed by atoms with Crippen molar-refractivity contribution in [1.29, 1.82) is 0 Å². The summed E-state index contributed by atoms with van der Waals surface area (Å²) in [5, 5.41) is 3.42. The van der Waals surface area contributed by atoms with E-state index in [1.165, 1.54) is 31.4 Å². The zero-order valence-corrected chi connectivity index (χ0v) is 12.1. The van der Waals surface area contributed by atoms with Gasteiger partial charge in [0.25, 0.3) is 0 Å². The lowest BCUT2D eigenvalue weighted by atomic mass is 10.1. The summed E-state index contributed by atoms with van der Waals surface area (Å²) in [6.07, 6.45) is 7.35. The van der Waals surface area contributed by atoms with Crippen LogP contribution in [-0.2, 0) is 4.74 Å². The zero-order valence-electron chi connectivity index (χ0n) is 11.3. The molecule has 0 aliphatic heterocycles. The number of ether oxygens (including phenoxy) is 1. The molecule has 0 aliphatic carbocycles. The maximum absolute atomic E-state index is 5.52. The van der Waals surface area contributed by atoms with E-state index >= 15 is 0 Å². The average molecular weight is 247 g/mol. The van der Waals surface area contributed by atoms with Crippen molar-refractivity contribution in [3.8, 4) is 0 Å². The molecule has 0 aliphatic rings. The first kappa shape index (κ1) is 16.3. The molecule has 0 bridgehead atoms. The van der Waals surface area contributed by atoms with Crippen LogP contribution < -0.4 is 5.32 Å². The Balaban J connectivity index is 2.88. The van der Waals surface area contributed by atoms with Gasteiger partial charge in [0.1, 0.15) is 0 Å². The molecular formula is C13H29NOS. The fourth-order valence-electron chi connectivity index (χ4n) is 1.36. The van der Waals surface area contributed by atoms with Crippen LogP contribution in [0.4, 0.5) is 0 Å². The Hall–Kier alpha value is 0.270. The molecule has 0 aromatic carbocycles. The van der Waals surface area contributed by atoms with E-state index in [-0.39, 0.29) is 0 Å². The smallest absolute Gasteiger partial charge is 0.0590 e. The van der Waals surface area contributed by atoms with Gasteiger partial charge < -0.3 is 10.1 Å². The minimum atomic E-state index is 0.754. The summed E-state index contributed by atoms with van der Waals surface area (Å²) in [7, 11) is 0. The summed E-state index contributed by atoms with van der Waals surface area (Å²) in [4.78, 5) is 0. The number of rotatable bonds is 12. The number of thioether (sulfide) groups is 1. The predicted molar refractivity (Wildman–Crippen MR) is 75.4 cm³/mol. The monoisotopic (exact) mass is 247 g/mol. The van der Waals surface area contributed by atoms with Gasteiger partial charge in [-0.25, -0.2) is 0 Å². The fraction of sp³-hybridized carbons (Fsp3) is 1.00. The van der Waals surface area contributed by atoms with Crippen molar-refractivity contribution in [3.63, 3.8) is 0 Å². The van der Waals surface area contributed by atoms with Crippen LogP contribution in [0.1, 0.15) is 39.5 Å². The Morgan fingerprint density at radius 2 is 1.88 bits per heavy atom. The van der Waals surface area contributed by atoms with Crippen molar-refractivity contribution in [3.05, 3.63) is 0 Å². The van der Waals surface area contributed by atoms with E-state index in [9.17, 15) is 0 Å². The van der Waals surface area contributed by atoms with Gasteiger partial charge in [-0.05, 0) is 43.7 Å². The van der Waals surface area contributed by atoms with Gasteiger partial charge >= 0.3 is 0 Å². The molecule has 0 rings (SSSR count). The third-order valence-electron chi connectivity index (χ3n) is 2.46. The first-order valence-electron chi connectivity index (χ1n) is 6.54. The maximum atomic E-state index is 5.52. The molecule has 0 atom stereocenters. The van der Waals surface area contributed by atoms with Gasteiger partial charge in [0, 0.05) is 13.2 Å². The van der Waals surface area contributed by atoms with E-state index in [1.807, 2.05) is 11.8 Å². The SMILES string of the molecule is CSCCCCCNCCOCCC(C)C. The molecule has 1 N–H and O–H groups in total. The normalized spacial score (nSPS) is 11.2. The second-order valence-corrected chi connectivity index (χ2v) is 5.58. The van der Waals surface area contributed by atoms with E-state index in [0.29, 0.717) is 0 Å². The maximum Gasteiger partial charge on any atom is 0.0590 e. The van der Waals surface area contributed by atoms with Crippen molar-refractivity contribution in [2.24, 2.45) is 5.92 Å². The minimum absolute atomic E-state index is 0.754. The molecule has 98 valence electrons. The van der Waals surface area contributed by atoms with Crippen LogP contribution in [0.15, 0.2) is 0 Å². The van der Waals surface area contributed by atoms with Gasteiger partial charge in [0.2, 0.25) is 0 Å². The van der Waals surface area contributed by atoms with Crippen LogP contribution in [0, 0.1) is 5.92 Å². The lowest BCUT2D eigenvalue weighted by molar-refractivity contribution is 0.125. The van der Waals surface area contributed by atoms with Gasteiger partial charge in [-0.15, -0.1) is 0 Å². The van der Waals surface area contributed by atoms with E-state index in [4.69, 9.17) is 4.74 Å². The summed E-state index contributed by atoms with van der Waals surface area (Å²) in [5.41, 5.74) is 0. The number of hydrogen-bond acceptors (Lipinski definition) is 3. The average Bonchev–Trinajstić information content (AvgIpc) is 2.25. The molecule has 0 radical (unpaired) electrons. The second kappa shape index (κ2) is 13.3. The molecule has 0 aromatic heterocycles. The Bertz CT molecular complexity index is 131. The van der Waals surface area contributed by atoms with Crippen molar-refractivity contribution < 1.29 is 4.74 Å². The predicted octanol–water partition coefficient (Wildman–Crippen LogP) is 3.17. The molecule has 0 aromatic rings. The zero-order chi connectivity index (χ0) is 12.1. The van der Waals surface area contributed by atoms with Crippen LogP contribution in [0.2, 0.25) is 0 Å². The minimum Gasteiger partial charge on any atom is -0.380 e. The first-order valence-corrected chi connectivity index (χ1v) is 7.94. The largest absolute Gasteiger partial charge is 0.380 e. The van der Waals surface area contributed by atoms with Crippen LogP contribution in [0.25, 0.3) is 0 Å². The van der Waals surface area contributed by atoms with Gasteiger partial charge in [0.05, 0.1) is 6.61 Å². The molecule has 0 spiro atoms. The lowest BCUT2D eigenvalue weighted by Gasteiger charge is -2.07. The number of unbranched alkanes of at least 4 members (excludes halogenated alkanes) is 2. The van der Waals surface area contributed by atoms with E-state index in [1.54, 1.807) is 0 Å². The third-order valence-corrected chi connectivity index (χ3v) is 3.16. The topological polar surface area (TPSA) is 21.3 Å². The van der Waals surface area contributed by atoms with Crippen molar-refractivity contribution >= 4 is 11.8 Å². The molecule has 0 amide bonds. The van der Waals surface area contributed by atoms with Gasteiger partial charge in [-0.3, -0.25) is 0 Å². The summed E-state index contributed by atoms with van der Waals surface area (Å²) in [6, 6.07) is 0. The summed E-state index contributed by atoms with van der Waals surface area (Å²) < 4.78 is 5.52. The molecular weight excluding hydrogens is 218 g/mol. The van der Waals surface area contributed by atoms with Crippen LogP contribution in [0.3, 0.4) is 0 Å². The molecule has 3 heteroatoms. The third kappa shape index (κ3) is 14.3. The number of hydrogen-bond donors (Lipinski definition) is 1. The van der Waals surface area contributed by atoms with Crippen LogP contribution >= 0.6 is 11.8 Å². The highest BCUT2D eigenvalue weighted by atomic mass is 32.2. The van der Waals surface area contributed by atoms with Gasteiger partial charge in [-0.2, -0.15) is 11.8 Å². The highest BCUT2D eigenvalue weighted by molar-refractivity contribution is 7.98. The molecule has 0 saturated heterocycles. The quantitative estimate of drug-likeness (QED) is 0.535. The Morgan fingerprint density at radius 1 is 1.06 bits per heavy atom. The molecule has 2 nitrogen and oxygen atoms in total. The number of nitrogens with one attached hydrogen (secondary N) is 1. The van der Waals surface area contributed by atoms with Gasteiger partial charge in [0.15, 0.2) is 0 Å².